The minimum absolute atomic E-state index is 0.214. The Kier molecular flexibility index (Phi) is 10.00. The molecule has 0 aromatic rings. The second-order valence-corrected chi connectivity index (χ2v) is 4.29. The van der Waals surface area contributed by atoms with E-state index in [1.807, 2.05) is 0 Å². The van der Waals surface area contributed by atoms with Gasteiger partial charge in [-0.1, -0.05) is 6.58 Å². The zero-order valence-corrected chi connectivity index (χ0v) is 12.1. The molecule has 0 N–H and O–H groups in total. The Bertz CT molecular complexity index is 337. The molecular weight excluding hydrogens is 264 g/mol. The van der Waals surface area contributed by atoms with Gasteiger partial charge in [0.1, 0.15) is 6.10 Å². The zero-order chi connectivity index (χ0) is 15.4. The number of unbranched alkanes of at least 4 members (excludes halogenated alkanes) is 1. The number of hydrogen-bond donors (Lipinski definition) is 0. The molecule has 0 saturated heterocycles. The minimum Gasteiger partial charge on any atom is -0.466 e. The molecule has 1 unspecified atom stereocenters. The van der Waals surface area contributed by atoms with Crippen LogP contribution in [-0.2, 0) is 28.6 Å². The topological polar surface area (TPSA) is 78.9 Å². The van der Waals surface area contributed by atoms with Gasteiger partial charge in [-0.2, -0.15) is 0 Å². The molecule has 0 fully saturated rings. The number of carbonyl (C=O) groups excluding carboxylic acids is 3. The summed E-state index contributed by atoms with van der Waals surface area (Å²) >= 11 is 0. The van der Waals surface area contributed by atoms with Crippen molar-refractivity contribution in [2.45, 2.75) is 52.1 Å². The highest BCUT2D eigenvalue weighted by Gasteiger charge is 2.08. The molecule has 1 atom stereocenters. The summed E-state index contributed by atoms with van der Waals surface area (Å²) in [6, 6.07) is 0. The molecule has 6 heteroatoms. The van der Waals surface area contributed by atoms with Crippen LogP contribution < -0.4 is 0 Å². The molecule has 0 aromatic carbocycles. The summed E-state index contributed by atoms with van der Waals surface area (Å²) < 4.78 is 14.4. The average Bonchev–Trinajstić information content (AvgIpc) is 2.34. The quantitative estimate of drug-likeness (QED) is 0.265. The third-order valence-corrected chi connectivity index (χ3v) is 2.38. The summed E-state index contributed by atoms with van der Waals surface area (Å²) in [5.74, 6) is -1.03. The normalized spacial score (nSPS) is 11.3. The molecule has 114 valence electrons. The molecule has 0 bridgehead atoms. The van der Waals surface area contributed by atoms with E-state index in [0.717, 1.165) is 6.26 Å². The number of ether oxygens (including phenoxy) is 3. The van der Waals surface area contributed by atoms with Gasteiger partial charge in [0.05, 0.1) is 12.9 Å². The summed E-state index contributed by atoms with van der Waals surface area (Å²) in [5, 5.41) is 0. The van der Waals surface area contributed by atoms with E-state index in [0.29, 0.717) is 19.3 Å². The second kappa shape index (κ2) is 11.0. The first kappa shape index (κ1) is 18.1. The van der Waals surface area contributed by atoms with Gasteiger partial charge in [-0.15, -0.1) is 0 Å². The summed E-state index contributed by atoms with van der Waals surface area (Å²) in [4.78, 5) is 33.0. The number of esters is 3. The van der Waals surface area contributed by atoms with Gasteiger partial charge in [0.2, 0.25) is 0 Å². The zero-order valence-electron chi connectivity index (χ0n) is 12.1. The van der Waals surface area contributed by atoms with Crippen molar-refractivity contribution in [3.63, 3.8) is 0 Å². The van der Waals surface area contributed by atoms with Crippen molar-refractivity contribution in [2.75, 3.05) is 6.61 Å². The number of rotatable bonds is 10. The molecule has 0 saturated carbocycles. The summed E-state index contributed by atoms with van der Waals surface area (Å²) in [6.07, 6.45) is 2.91. The molecule has 6 nitrogen and oxygen atoms in total. The molecule has 0 aliphatic heterocycles. The third-order valence-electron chi connectivity index (χ3n) is 2.38. The SMILES string of the molecule is C=COC(=O)CCCCC(=O)OCCC(C)OC(C)=O. The maximum Gasteiger partial charge on any atom is 0.310 e. The second-order valence-electron chi connectivity index (χ2n) is 4.29. The first-order valence-electron chi connectivity index (χ1n) is 6.59. The van der Waals surface area contributed by atoms with Crippen LogP contribution in [0.1, 0.15) is 46.0 Å². The number of hydrogen-bond acceptors (Lipinski definition) is 6. The molecule has 0 aromatic heterocycles. The fourth-order valence-electron chi connectivity index (χ4n) is 1.44. The van der Waals surface area contributed by atoms with Crippen molar-refractivity contribution in [3.05, 3.63) is 12.8 Å². The van der Waals surface area contributed by atoms with E-state index in [9.17, 15) is 14.4 Å². The van der Waals surface area contributed by atoms with Crippen molar-refractivity contribution in [1.29, 1.82) is 0 Å². The maximum atomic E-state index is 11.4. The molecule has 0 aliphatic carbocycles. The maximum absolute atomic E-state index is 11.4. The Morgan fingerprint density at radius 1 is 1.15 bits per heavy atom. The van der Waals surface area contributed by atoms with Crippen LogP contribution in [0.3, 0.4) is 0 Å². The van der Waals surface area contributed by atoms with Crippen LogP contribution in [0, 0.1) is 0 Å². The van der Waals surface area contributed by atoms with E-state index < -0.39 is 0 Å². The Labute approximate surface area is 119 Å². The van der Waals surface area contributed by atoms with Gasteiger partial charge in [0, 0.05) is 26.2 Å². The molecule has 0 amide bonds. The van der Waals surface area contributed by atoms with Crippen molar-refractivity contribution < 1.29 is 28.6 Å². The van der Waals surface area contributed by atoms with E-state index in [-0.39, 0.29) is 43.5 Å². The Balaban J connectivity index is 3.52. The lowest BCUT2D eigenvalue weighted by Crippen LogP contribution is -2.16. The van der Waals surface area contributed by atoms with Gasteiger partial charge >= 0.3 is 17.9 Å². The van der Waals surface area contributed by atoms with Crippen LogP contribution in [0.4, 0.5) is 0 Å². The lowest BCUT2D eigenvalue weighted by atomic mass is 10.2. The average molecular weight is 286 g/mol. The van der Waals surface area contributed by atoms with Crippen molar-refractivity contribution >= 4 is 17.9 Å². The van der Waals surface area contributed by atoms with Crippen molar-refractivity contribution in [2.24, 2.45) is 0 Å². The van der Waals surface area contributed by atoms with Gasteiger partial charge in [-0.05, 0) is 19.8 Å². The van der Waals surface area contributed by atoms with Crippen LogP contribution in [0.2, 0.25) is 0 Å². The highest BCUT2D eigenvalue weighted by molar-refractivity contribution is 5.71. The summed E-state index contributed by atoms with van der Waals surface area (Å²) in [6.45, 7) is 6.56. The van der Waals surface area contributed by atoms with Crippen LogP contribution in [0.5, 0.6) is 0 Å². The fourth-order valence-corrected chi connectivity index (χ4v) is 1.44. The van der Waals surface area contributed by atoms with Crippen molar-refractivity contribution in [1.82, 2.24) is 0 Å². The van der Waals surface area contributed by atoms with Crippen LogP contribution in [0.25, 0.3) is 0 Å². The highest BCUT2D eigenvalue weighted by atomic mass is 16.6. The lowest BCUT2D eigenvalue weighted by molar-refractivity contribution is -0.148. The van der Waals surface area contributed by atoms with Gasteiger partial charge in [0.15, 0.2) is 0 Å². The largest absolute Gasteiger partial charge is 0.466 e. The number of carbonyl (C=O) groups is 3. The van der Waals surface area contributed by atoms with Gasteiger partial charge < -0.3 is 14.2 Å². The molecule has 0 aliphatic rings. The molecule has 0 rings (SSSR count). The predicted molar refractivity (Wildman–Crippen MR) is 71.6 cm³/mol. The lowest BCUT2D eigenvalue weighted by Gasteiger charge is -2.11. The van der Waals surface area contributed by atoms with E-state index in [4.69, 9.17) is 9.47 Å². The predicted octanol–water partition coefficient (Wildman–Crippen LogP) is 2.12. The van der Waals surface area contributed by atoms with Gasteiger partial charge in [0.25, 0.3) is 0 Å². The monoisotopic (exact) mass is 286 g/mol. The van der Waals surface area contributed by atoms with Crippen LogP contribution in [0.15, 0.2) is 12.8 Å². The molecule has 20 heavy (non-hydrogen) atoms. The van der Waals surface area contributed by atoms with Gasteiger partial charge in [-0.3, -0.25) is 14.4 Å². The standard InChI is InChI=1S/C14H22O6/c1-4-18-13(16)7-5-6-8-14(17)19-10-9-11(2)20-12(3)15/h4,11H,1,5-10H2,2-3H3. The van der Waals surface area contributed by atoms with Crippen LogP contribution >= 0.6 is 0 Å². The third kappa shape index (κ3) is 11.3. The summed E-state index contributed by atoms with van der Waals surface area (Å²) in [5.41, 5.74) is 0. The van der Waals surface area contributed by atoms with E-state index in [1.54, 1.807) is 6.92 Å². The Morgan fingerprint density at radius 3 is 2.30 bits per heavy atom. The fraction of sp³-hybridized carbons (Fsp3) is 0.643. The summed E-state index contributed by atoms with van der Waals surface area (Å²) in [7, 11) is 0. The first-order chi connectivity index (χ1) is 9.45. The first-order valence-corrected chi connectivity index (χ1v) is 6.59. The molecular formula is C14H22O6. The molecule has 0 heterocycles. The minimum atomic E-state index is -0.358. The van der Waals surface area contributed by atoms with E-state index in [2.05, 4.69) is 11.3 Å². The van der Waals surface area contributed by atoms with E-state index in [1.165, 1.54) is 6.92 Å². The molecule has 0 radical (unpaired) electrons. The van der Waals surface area contributed by atoms with E-state index >= 15 is 0 Å². The Hall–Kier alpha value is -1.85. The highest BCUT2D eigenvalue weighted by Crippen LogP contribution is 2.04. The Morgan fingerprint density at radius 2 is 1.75 bits per heavy atom. The van der Waals surface area contributed by atoms with Crippen LogP contribution in [-0.4, -0.2) is 30.6 Å². The van der Waals surface area contributed by atoms with Crippen molar-refractivity contribution in [3.8, 4) is 0 Å². The smallest absolute Gasteiger partial charge is 0.310 e. The van der Waals surface area contributed by atoms with Gasteiger partial charge in [-0.25, -0.2) is 0 Å². The molecule has 0 spiro atoms.